The summed E-state index contributed by atoms with van der Waals surface area (Å²) in [5, 5.41) is 1.77. The van der Waals surface area contributed by atoms with Crippen molar-refractivity contribution >= 4 is 40.8 Å². The quantitative estimate of drug-likeness (QED) is 0.677. The largest absolute Gasteiger partial charge is 0.351 e. The van der Waals surface area contributed by atoms with Crippen LogP contribution in [0.25, 0.3) is 0 Å². The van der Waals surface area contributed by atoms with Crippen molar-refractivity contribution in [2.24, 2.45) is 5.73 Å². The molecule has 72 valence electrons. The smallest absolute Gasteiger partial charge is 0.316 e. The molecule has 3 N–H and O–H groups in total. The summed E-state index contributed by atoms with van der Waals surface area (Å²) in [5.41, 5.74) is 5.39. The minimum Gasteiger partial charge on any atom is -0.351 e. The number of hydrogen-bond acceptors (Lipinski definition) is 1. The van der Waals surface area contributed by atoms with Gasteiger partial charge in [0.1, 0.15) is 0 Å². The maximum atomic E-state index is 10.5. The molecule has 1 unspecified atom stereocenters. The molecule has 1 aliphatic rings. The van der Waals surface area contributed by atoms with Gasteiger partial charge in [-0.2, -0.15) is 0 Å². The van der Waals surface area contributed by atoms with Crippen LogP contribution in [-0.4, -0.2) is 15.7 Å². The number of halogens is 3. The number of carbonyl (C=O) groups excluding carboxylic acids is 1. The van der Waals surface area contributed by atoms with Crippen molar-refractivity contribution in [3.63, 3.8) is 0 Å². The van der Waals surface area contributed by atoms with Crippen LogP contribution in [0.3, 0.4) is 0 Å². The number of nitrogens with one attached hydrogen (secondary N) is 1. The summed E-state index contributed by atoms with van der Waals surface area (Å²) >= 11 is 17.4. The Morgan fingerprint density at radius 1 is 1.62 bits per heavy atom. The Labute approximate surface area is 90.5 Å². The van der Waals surface area contributed by atoms with Gasteiger partial charge in [-0.3, -0.25) is 0 Å². The molecule has 0 heterocycles. The minimum absolute atomic E-state index is 0.490. The highest BCUT2D eigenvalue weighted by atomic mass is 35.5. The zero-order chi connectivity index (χ0) is 10.1. The van der Waals surface area contributed by atoms with E-state index in [1.165, 1.54) is 12.2 Å². The predicted molar refractivity (Wildman–Crippen MR) is 54.0 cm³/mol. The Morgan fingerprint density at radius 2 is 2.23 bits per heavy atom. The molecule has 0 aromatic heterocycles. The lowest BCUT2D eigenvalue weighted by atomic mass is 10.1. The average Bonchev–Trinajstić information content (AvgIpc) is 1.97. The fourth-order valence-electron chi connectivity index (χ4n) is 0.843. The Morgan fingerprint density at radius 3 is 2.69 bits per heavy atom. The van der Waals surface area contributed by atoms with E-state index in [0.29, 0.717) is 5.70 Å². The van der Waals surface area contributed by atoms with E-state index in [-0.39, 0.29) is 0 Å². The zero-order valence-corrected chi connectivity index (χ0v) is 8.70. The second-order valence-electron chi connectivity index (χ2n) is 2.52. The zero-order valence-electron chi connectivity index (χ0n) is 6.43. The Bertz CT molecular complexity index is 285. The van der Waals surface area contributed by atoms with Crippen molar-refractivity contribution in [2.75, 3.05) is 0 Å². The molecule has 0 spiro atoms. The third kappa shape index (κ3) is 2.79. The second kappa shape index (κ2) is 3.78. The fourth-order valence-corrected chi connectivity index (χ4v) is 1.30. The maximum absolute atomic E-state index is 10.5. The molecule has 3 nitrogen and oxygen atoms in total. The molecule has 1 rings (SSSR count). The molecular weight excluding hydrogens is 234 g/mol. The number of rotatable bonds is 1. The minimum atomic E-state index is -1.13. The van der Waals surface area contributed by atoms with Crippen molar-refractivity contribution in [1.82, 2.24) is 5.32 Å². The SMILES string of the molecule is NC(=O)NC1=CC(Cl)C(Cl)(Cl)C=C1. The van der Waals surface area contributed by atoms with Gasteiger partial charge in [0, 0.05) is 5.70 Å². The van der Waals surface area contributed by atoms with Crippen LogP contribution in [0.1, 0.15) is 0 Å². The monoisotopic (exact) mass is 240 g/mol. The van der Waals surface area contributed by atoms with E-state index in [1.54, 1.807) is 6.08 Å². The van der Waals surface area contributed by atoms with Crippen LogP contribution < -0.4 is 11.1 Å². The first-order valence-corrected chi connectivity index (χ1v) is 4.60. The van der Waals surface area contributed by atoms with Crippen LogP contribution in [0, 0.1) is 0 Å². The number of hydrogen-bond donors (Lipinski definition) is 2. The number of nitrogens with two attached hydrogens (primary N) is 1. The highest BCUT2D eigenvalue weighted by molar-refractivity contribution is 6.54. The van der Waals surface area contributed by atoms with Gasteiger partial charge < -0.3 is 11.1 Å². The van der Waals surface area contributed by atoms with Crippen molar-refractivity contribution < 1.29 is 4.79 Å². The first-order valence-electron chi connectivity index (χ1n) is 3.41. The third-order valence-electron chi connectivity index (χ3n) is 1.45. The molecule has 0 saturated carbocycles. The molecule has 0 fully saturated rings. The molecule has 6 heteroatoms. The third-order valence-corrected chi connectivity index (χ3v) is 2.86. The summed E-state index contributed by atoms with van der Waals surface area (Å²) in [7, 11) is 0. The molecule has 0 radical (unpaired) electrons. The predicted octanol–water partition coefficient (Wildman–Crippen LogP) is 1.89. The summed E-state index contributed by atoms with van der Waals surface area (Å²) in [6.45, 7) is 0. The number of primary amides is 1. The van der Waals surface area contributed by atoms with Crippen molar-refractivity contribution in [2.45, 2.75) is 9.71 Å². The highest BCUT2D eigenvalue weighted by Crippen LogP contribution is 2.35. The van der Waals surface area contributed by atoms with Crippen molar-refractivity contribution in [3.8, 4) is 0 Å². The summed E-state index contributed by atoms with van der Waals surface area (Å²) in [6.07, 6.45) is 4.55. The number of allylic oxidation sites excluding steroid dienone is 3. The second-order valence-corrected chi connectivity index (χ2v) is 4.44. The first-order chi connectivity index (χ1) is 5.92. The molecular formula is C7H7Cl3N2O. The van der Waals surface area contributed by atoms with E-state index >= 15 is 0 Å². The van der Waals surface area contributed by atoms with E-state index < -0.39 is 15.7 Å². The summed E-state index contributed by atoms with van der Waals surface area (Å²) in [4.78, 5) is 10.5. The van der Waals surface area contributed by atoms with E-state index in [1.807, 2.05) is 0 Å². The van der Waals surface area contributed by atoms with Crippen LogP contribution in [0.5, 0.6) is 0 Å². The molecule has 1 atom stereocenters. The van der Waals surface area contributed by atoms with Gasteiger partial charge >= 0.3 is 6.03 Å². The van der Waals surface area contributed by atoms with E-state index in [0.717, 1.165) is 0 Å². The fraction of sp³-hybridized carbons (Fsp3) is 0.286. The number of alkyl halides is 3. The van der Waals surface area contributed by atoms with Gasteiger partial charge in [0.15, 0.2) is 4.33 Å². The van der Waals surface area contributed by atoms with E-state index in [4.69, 9.17) is 40.5 Å². The van der Waals surface area contributed by atoms with Crippen molar-refractivity contribution in [3.05, 3.63) is 23.9 Å². The van der Waals surface area contributed by atoms with Gasteiger partial charge in [0.25, 0.3) is 0 Å². The molecule has 0 aromatic carbocycles. The lowest BCUT2D eigenvalue weighted by molar-refractivity contribution is 0.251. The first kappa shape index (κ1) is 10.7. The van der Waals surface area contributed by atoms with Crippen LogP contribution in [0.15, 0.2) is 23.9 Å². The number of carbonyl (C=O) groups is 1. The van der Waals surface area contributed by atoms with E-state index in [2.05, 4.69) is 5.32 Å². The Hall–Kier alpha value is -0.380. The Kier molecular flexibility index (Phi) is 3.11. The van der Waals surface area contributed by atoms with Crippen LogP contribution >= 0.6 is 34.8 Å². The molecule has 0 bridgehead atoms. The van der Waals surface area contributed by atoms with Gasteiger partial charge in [0.05, 0.1) is 5.38 Å². The summed E-state index contributed by atoms with van der Waals surface area (Å²) in [5.74, 6) is 0. The normalized spacial score (nSPS) is 25.2. The van der Waals surface area contributed by atoms with Gasteiger partial charge in [-0.05, 0) is 18.2 Å². The standard InChI is InChI=1S/C7H7Cl3N2O/c8-5-3-4(12-6(11)13)1-2-7(5,9)10/h1-3,5H,(H3,11,12,13). The van der Waals surface area contributed by atoms with Crippen LogP contribution in [0.2, 0.25) is 0 Å². The summed E-state index contributed by atoms with van der Waals surface area (Å²) < 4.78 is -1.13. The lowest BCUT2D eigenvalue weighted by Crippen LogP contribution is -2.32. The molecule has 0 saturated heterocycles. The van der Waals surface area contributed by atoms with Gasteiger partial charge in [-0.1, -0.05) is 23.2 Å². The van der Waals surface area contributed by atoms with Gasteiger partial charge in [0.2, 0.25) is 0 Å². The summed E-state index contributed by atoms with van der Waals surface area (Å²) in [6, 6.07) is -0.656. The average molecular weight is 242 g/mol. The molecule has 13 heavy (non-hydrogen) atoms. The molecule has 0 aliphatic heterocycles. The van der Waals surface area contributed by atoms with Crippen LogP contribution in [-0.2, 0) is 0 Å². The van der Waals surface area contributed by atoms with E-state index in [9.17, 15) is 4.79 Å². The Balaban J connectivity index is 2.74. The van der Waals surface area contributed by atoms with Crippen LogP contribution in [0.4, 0.5) is 4.79 Å². The van der Waals surface area contributed by atoms with Gasteiger partial charge in [-0.25, -0.2) is 4.79 Å². The molecule has 2 amide bonds. The highest BCUT2D eigenvalue weighted by Gasteiger charge is 2.31. The van der Waals surface area contributed by atoms with Gasteiger partial charge in [-0.15, -0.1) is 11.6 Å². The number of urea groups is 1. The van der Waals surface area contributed by atoms with Crippen molar-refractivity contribution in [1.29, 1.82) is 0 Å². The maximum Gasteiger partial charge on any atom is 0.316 e. The topological polar surface area (TPSA) is 55.1 Å². The molecule has 0 aromatic rings. The number of amides is 2. The lowest BCUT2D eigenvalue weighted by Gasteiger charge is -2.23. The molecule has 1 aliphatic carbocycles.